The fourth-order valence-corrected chi connectivity index (χ4v) is 2.33. The van der Waals surface area contributed by atoms with Crippen molar-refractivity contribution >= 4 is 15.9 Å². The Balaban J connectivity index is 2.26. The van der Waals surface area contributed by atoms with Crippen molar-refractivity contribution in [2.45, 2.75) is 25.8 Å². The van der Waals surface area contributed by atoms with E-state index in [1.165, 1.54) is 32.5 Å². The minimum Gasteiger partial charge on any atom is -0.306 e. The van der Waals surface area contributed by atoms with E-state index in [1.807, 2.05) is 0 Å². The molecule has 0 amide bonds. The van der Waals surface area contributed by atoms with Gasteiger partial charge in [-0.1, -0.05) is 22.9 Å². The molecule has 0 saturated carbocycles. The summed E-state index contributed by atoms with van der Waals surface area (Å²) in [7, 11) is 4.49. The molecular weight excluding hydrogens is 240 g/mol. The topological polar surface area (TPSA) is 6.48 Å². The summed E-state index contributed by atoms with van der Waals surface area (Å²) in [5.41, 5.74) is 0. The van der Waals surface area contributed by atoms with Crippen LogP contribution >= 0.6 is 15.9 Å². The fourth-order valence-electron chi connectivity index (χ4n) is 2.13. The molecule has 1 aliphatic rings. The van der Waals surface area contributed by atoms with Crippen molar-refractivity contribution in [3.05, 3.63) is 0 Å². The Hall–Kier alpha value is 0.400. The Kier molecular flexibility index (Phi) is 5.42. The van der Waals surface area contributed by atoms with Crippen molar-refractivity contribution in [1.29, 1.82) is 0 Å². The summed E-state index contributed by atoms with van der Waals surface area (Å²) >= 11 is 3.54. The molecule has 1 fully saturated rings. The van der Waals surface area contributed by atoms with Crippen LogP contribution in [0.1, 0.15) is 19.8 Å². The summed E-state index contributed by atoms with van der Waals surface area (Å²) in [5, 5.41) is 1.12. The zero-order chi connectivity index (χ0) is 10.6. The van der Waals surface area contributed by atoms with Gasteiger partial charge in [0.05, 0.1) is 0 Å². The highest BCUT2D eigenvalue weighted by Crippen LogP contribution is 2.15. The van der Waals surface area contributed by atoms with Gasteiger partial charge >= 0.3 is 0 Å². The zero-order valence-electron chi connectivity index (χ0n) is 9.67. The molecule has 1 aliphatic heterocycles. The van der Waals surface area contributed by atoms with Gasteiger partial charge in [-0.3, -0.25) is 0 Å². The van der Waals surface area contributed by atoms with Crippen LogP contribution in [0.5, 0.6) is 0 Å². The summed E-state index contributed by atoms with van der Waals surface area (Å²) in [6.45, 7) is 6.05. The Labute approximate surface area is 96.8 Å². The molecule has 0 aliphatic carbocycles. The molecule has 0 aromatic rings. The number of nitrogens with zero attached hydrogens (tertiary/aromatic N) is 2. The molecule has 0 radical (unpaired) electrons. The molecule has 14 heavy (non-hydrogen) atoms. The number of piperidine rings is 1. The van der Waals surface area contributed by atoms with Crippen molar-refractivity contribution in [2.24, 2.45) is 5.92 Å². The largest absolute Gasteiger partial charge is 0.306 e. The monoisotopic (exact) mass is 262 g/mol. The van der Waals surface area contributed by atoms with Crippen LogP contribution in [0.3, 0.4) is 0 Å². The molecule has 1 heterocycles. The van der Waals surface area contributed by atoms with Crippen LogP contribution in [0.4, 0.5) is 0 Å². The van der Waals surface area contributed by atoms with Crippen LogP contribution in [-0.2, 0) is 0 Å². The van der Waals surface area contributed by atoms with E-state index in [-0.39, 0.29) is 0 Å². The molecule has 2 nitrogen and oxygen atoms in total. The van der Waals surface area contributed by atoms with Crippen LogP contribution < -0.4 is 0 Å². The third-order valence-corrected chi connectivity index (χ3v) is 4.28. The van der Waals surface area contributed by atoms with E-state index in [9.17, 15) is 0 Å². The molecule has 1 saturated heterocycles. The first kappa shape index (κ1) is 12.5. The van der Waals surface area contributed by atoms with Gasteiger partial charge < -0.3 is 9.80 Å². The van der Waals surface area contributed by atoms with Gasteiger partial charge in [0.25, 0.3) is 0 Å². The highest BCUT2D eigenvalue weighted by Gasteiger charge is 2.21. The SMILES string of the molecule is CC(CBr)CN(C)C1CCN(C)CC1. The summed E-state index contributed by atoms with van der Waals surface area (Å²) < 4.78 is 0. The van der Waals surface area contributed by atoms with E-state index in [2.05, 4.69) is 46.7 Å². The second kappa shape index (κ2) is 6.09. The second-order valence-corrected chi connectivity index (χ2v) is 5.38. The Morgan fingerprint density at radius 2 is 2.00 bits per heavy atom. The lowest BCUT2D eigenvalue weighted by Crippen LogP contribution is -2.43. The first-order chi connectivity index (χ1) is 6.63. The Bertz CT molecular complexity index is 155. The van der Waals surface area contributed by atoms with Gasteiger partial charge in [-0.25, -0.2) is 0 Å². The third-order valence-electron chi connectivity index (χ3n) is 3.17. The molecular formula is C11H23BrN2. The average Bonchev–Trinajstić information content (AvgIpc) is 2.18. The number of likely N-dealkylation sites (tertiary alicyclic amines) is 1. The highest BCUT2D eigenvalue weighted by molar-refractivity contribution is 9.09. The Morgan fingerprint density at radius 3 is 2.50 bits per heavy atom. The summed E-state index contributed by atoms with van der Waals surface area (Å²) in [4.78, 5) is 4.97. The number of hydrogen-bond donors (Lipinski definition) is 0. The molecule has 1 atom stereocenters. The third kappa shape index (κ3) is 3.87. The summed E-state index contributed by atoms with van der Waals surface area (Å²) in [6.07, 6.45) is 2.67. The zero-order valence-corrected chi connectivity index (χ0v) is 11.3. The molecule has 0 aromatic heterocycles. The molecule has 1 unspecified atom stereocenters. The molecule has 0 bridgehead atoms. The molecule has 84 valence electrons. The highest BCUT2D eigenvalue weighted by atomic mass is 79.9. The van der Waals surface area contributed by atoms with Crippen LogP contribution in [0, 0.1) is 5.92 Å². The standard InChI is InChI=1S/C11H23BrN2/c1-10(8-12)9-14(3)11-4-6-13(2)7-5-11/h10-11H,4-9H2,1-3H3. The average molecular weight is 263 g/mol. The van der Waals surface area contributed by atoms with E-state index in [0.717, 1.165) is 17.3 Å². The second-order valence-electron chi connectivity index (χ2n) is 4.73. The van der Waals surface area contributed by atoms with E-state index in [0.29, 0.717) is 0 Å². The Morgan fingerprint density at radius 1 is 1.43 bits per heavy atom. The molecule has 3 heteroatoms. The van der Waals surface area contributed by atoms with E-state index in [1.54, 1.807) is 0 Å². The van der Waals surface area contributed by atoms with Gasteiger partial charge in [0, 0.05) is 17.9 Å². The molecule has 0 aromatic carbocycles. The van der Waals surface area contributed by atoms with Crippen molar-refractivity contribution in [3.63, 3.8) is 0 Å². The normalized spacial score (nSPS) is 22.9. The van der Waals surface area contributed by atoms with E-state index in [4.69, 9.17) is 0 Å². The lowest BCUT2D eigenvalue weighted by atomic mass is 10.0. The number of alkyl halides is 1. The van der Waals surface area contributed by atoms with Crippen LogP contribution in [0.2, 0.25) is 0 Å². The molecule has 0 spiro atoms. The fraction of sp³-hybridized carbons (Fsp3) is 1.00. The molecule has 0 N–H and O–H groups in total. The maximum atomic E-state index is 3.54. The number of halogens is 1. The summed E-state index contributed by atoms with van der Waals surface area (Å²) in [5.74, 6) is 0.764. The predicted molar refractivity (Wildman–Crippen MR) is 66.1 cm³/mol. The lowest BCUT2D eigenvalue weighted by molar-refractivity contribution is 0.134. The van der Waals surface area contributed by atoms with Crippen molar-refractivity contribution in [1.82, 2.24) is 9.80 Å². The molecule has 1 rings (SSSR count). The van der Waals surface area contributed by atoms with Gasteiger partial charge in [-0.2, -0.15) is 0 Å². The quantitative estimate of drug-likeness (QED) is 0.716. The van der Waals surface area contributed by atoms with E-state index >= 15 is 0 Å². The van der Waals surface area contributed by atoms with Crippen LogP contribution in [0.15, 0.2) is 0 Å². The van der Waals surface area contributed by atoms with Crippen LogP contribution in [0.25, 0.3) is 0 Å². The van der Waals surface area contributed by atoms with Crippen molar-refractivity contribution < 1.29 is 0 Å². The van der Waals surface area contributed by atoms with Gasteiger partial charge in [0.1, 0.15) is 0 Å². The van der Waals surface area contributed by atoms with Crippen molar-refractivity contribution in [3.8, 4) is 0 Å². The maximum Gasteiger partial charge on any atom is 0.0117 e. The van der Waals surface area contributed by atoms with Crippen molar-refractivity contribution in [2.75, 3.05) is 39.1 Å². The number of hydrogen-bond acceptors (Lipinski definition) is 2. The maximum absolute atomic E-state index is 3.54. The predicted octanol–water partition coefficient (Wildman–Crippen LogP) is 2.04. The number of rotatable bonds is 4. The van der Waals surface area contributed by atoms with Gasteiger partial charge in [0.2, 0.25) is 0 Å². The minimum absolute atomic E-state index is 0.764. The van der Waals surface area contributed by atoms with Crippen LogP contribution in [-0.4, -0.2) is 54.9 Å². The summed E-state index contributed by atoms with van der Waals surface area (Å²) in [6, 6.07) is 0.813. The van der Waals surface area contributed by atoms with Gasteiger partial charge in [0.15, 0.2) is 0 Å². The van der Waals surface area contributed by atoms with Gasteiger partial charge in [-0.05, 0) is 45.9 Å². The van der Waals surface area contributed by atoms with Gasteiger partial charge in [-0.15, -0.1) is 0 Å². The lowest BCUT2D eigenvalue weighted by Gasteiger charge is -2.36. The van der Waals surface area contributed by atoms with E-state index < -0.39 is 0 Å². The minimum atomic E-state index is 0.764. The first-order valence-electron chi connectivity index (χ1n) is 5.58. The first-order valence-corrected chi connectivity index (χ1v) is 6.70. The smallest absolute Gasteiger partial charge is 0.0117 e.